The van der Waals surface area contributed by atoms with E-state index in [0.717, 1.165) is 33.6 Å². The molecule has 6 rings (SSSR count). The van der Waals surface area contributed by atoms with E-state index in [0.29, 0.717) is 11.3 Å². The summed E-state index contributed by atoms with van der Waals surface area (Å²) in [5.74, 6) is 1.16. The second-order valence-electron chi connectivity index (χ2n) is 10.7. The second kappa shape index (κ2) is 9.84. The molecular weight excluding hydrogens is 492 g/mol. The van der Waals surface area contributed by atoms with Crippen molar-refractivity contribution in [2.75, 3.05) is 7.11 Å². The van der Waals surface area contributed by atoms with Crippen LogP contribution in [0.3, 0.4) is 0 Å². The Balaban J connectivity index is 1.61. The first-order valence-corrected chi connectivity index (χ1v) is 13.6. The highest BCUT2D eigenvalue weighted by atomic mass is 16.5. The summed E-state index contributed by atoms with van der Waals surface area (Å²) in [5.41, 5.74) is 11.3. The number of carbonyl (C=O) groups is 1. The highest BCUT2D eigenvalue weighted by Gasteiger charge is 2.46. The van der Waals surface area contributed by atoms with Gasteiger partial charge in [-0.15, -0.1) is 0 Å². The zero-order valence-electron chi connectivity index (χ0n) is 23.5. The average molecular weight is 525 g/mol. The van der Waals surface area contributed by atoms with Crippen LogP contribution in [-0.4, -0.2) is 13.1 Å². The third-order valence-corrected chi connectivity index (χ3v) is 8.15. The fraction of sp³-hybridized carbons (Fsp3) is 0.162. The van der Waals surface area contributed by atoms with E-state index in [1.165, 1.54) is 27.8 Å². The number of methoxy groups -OCH3 is 1. The first-order chi connectivity index (χ1) is 19.4. The van der Waals surface area contributed by atoms with E-state index < -0.39 is 5.41 Å². The zero-order valence-corrected chi connectivity index (χ0v) is 23.5. The molecule has 0 unspecified atom stereocenters. The third-order valence-electron chi connectivity index (χ3n) is 8.15. The van der Waals surface area contributed by atoms with Gasteiger partial charge in [0.1, 0.15) is 11.5 Å². The van der Waals surface area contributed by atoms with Crippen molar-refractivity contribution in [1.82, 2.24) is 0 Å². The SMILES string of the molecule is COc1c(C)cc(C2(c3cc(C)c(OC(=O)c4ccccc4)c(C)c3)c3ccccc3-c3ccccc32)cc1C. The Morgan fingerprint density at radius 3 is 1.48 bits per heavy atom. The largest absolute Gasteiger partial charge is 0.496 e. The molecule has 0 spiro atoms. The molecule has 5 aromatic carbocycles. The molecular formula is C37H32O3. The summed E-state index contributed by atoms with van der Waals surface area (Å²) in [7, 11) is 1.73. The number of carbonyl (C=O) groups excluding carboxylic acids is 1. The van der Waals surface area contributed by atoms with Crippen LogP contribution in [0.15, 0.2) is 103 Å². The molecule has 0 N–H and O–H groups in total. The number of hydrogen-bond donors (Lipinski definition) is 0. The van der Waals surface area contributed by atoms with E-state index >= 15 is 0 Å². The Labute approximate surface area is 236 Å². The van der Waals surface area contributed by atoms with Crippen LogP contribution in [0.4, 0.5) is 0 Å². The third kappa shape index (κ3) is 3.84. The van der Waals surface area contributed by atoms with E-state index in [2.05, 4.69) is 86.6 Å². The molecule has 1 aliphatic carbocycles. The maximum atomic E-state index is 13.0. The van der Waals surface area contributed by atoms with Crippen molar-refractivity contribution >= 4 is 5.97 Å². The fourth-order valence-electron chi connectivity index (χ4n) is 6.57. The highest BCUT2D eigenvalue weighted by Crippen LogP contribution is 2.57. The predicted octanol–water partition coefficient (Wildman–Crippen LogP) is 8.51. The summed E-state index contributed by atoms with van der Waals surface area (Å²) >= 11 is 0. The molecule has 198 valence electrons. The molecule has 0 atom stereocenters. The van der Waals surface area contributed by atoms with Crippen molar-refractivity contribution in [3.8, 4) is 22.6 Å². The summed E-state index contributed by atoms with van der Waals surface area (Å²) in [5, 5.41) is 0. The molecule has 0 aromatic heterocycles. The normalized spacial score (nSPS) is 12.9. The number of rotatable bonds is 5. The number of esters is 1. The molecule has 5 aromatic rings. The molecule has 3 nitrogen and oxygen atoms in total. The van der Waals surface area contributed by atoms with Crippen LogP contribution in [0, 0.1) is 27.7 Å². The summed E-state index contributed by atoms with van der Waals surface area (Å²) < 4.78 is 11.7. The molecule has 0 saturated heterocycles. The van der Waals surface area contributed by atoms with Gasteiger partial charge in [0.25, 0.3) is 0 Å². The maximum absolute atomic E-state index is 13.0. The number of ether oxygens (including phenoxy) is 2. The van der Waals surface area contributed by atoms with Gasteiger partial charge in [0, 0.05) is 0 Å². The minimum atomic E-state index is -0.549. The van der Waals surface area contributed by atoms with Crippen LogP contribution in [0.2, 0.25) is 0 Å². The Bertz CT molecular complexity index is 1670. The molecule has 0 bridgehead atoms. The maximum Gasteiger partial charge on any atom is 0.343 e. The topological polar surface area (TPSA) is 35.5 Å². The highest BCUT2D eigenvalue weighted by molar-refractivity contribution is 5.91. The molecule has 0 saturated carbocycles. The molecule has 3 heteroatoms. The van der Waals surface area contributed by atoms with Crippen LogP contribution in [0.25, 0.3) is 11.1 Å². The molecule has 1 aliphatic rings. The Kier molecular flexibility index (Phi) is 6.31. The Hall–Kier alpha value is -4.63. The fourth-order valence-corrected chi connectivity index (χ4v) is 6.57. The lowest BCUT2D eigenvalue weighted by molar-refractivity contribution is 0.0732. The molecule has 0 fully saturated rings. The van der Waals surface area contributed by atoms with Crippen molar-refractivity contribution in [1.29, 1.82) is 0 Å². The van der Waals surface area contributed by atoms with Crippen molar-refractivity contribution in [3.63, 3.8) is 0 Å². The van der Waals surface area contributed by atoms with E-state index in [9.17, 15) is 4.79 Å². The number of benzene rings is 5. The van der Waals surface area contributed by atoms with Crippen LogP contribution in [0.1, 0.15) is 54.9 Å². The summed E-state index contributed by atoms with van der Waals surface area (Å²) in [4.78, 5) is 13.0. The van der Waals surface area contributed by atoms with Crippen LogP contribution >= 0.6 is 0 Å². The van der Waals surface area contributed by atoms with Gasteiger partial charge in [-0.05, 0) is 95.5 Å². The number of aryl methyl sites for hydroxylation is 4. The standard InChI is InChI=1S/C37H32O3/c1-23-19-28(20-24(2)34(23)39-5)37(32-17-11-9-15-30(32)31-16-10-12-18-33(31)37)29-21-25(3)35(26(4)22-29)40-36(38)27-13-7-6-8-14-27/h6-22H,1-5H3. The van der Waals surface area contributed by atoms with Gasteiger partial charge in [-0.25, -0.2) is 4.79 Å². The molecule has 0 amide bonds. The Morgan fingerprint density at radius 1 is 0.575 bits per heavy atom. The van der Waals surface area contributed by atoms with Crippen LogP contribution in [0.5, 0.6) is 11.5 Å². The monoisotopic (exact) mass is 524 g/mol. The van der Waals surface area contributed by atoms with E-state index in [1.54, 1.807) is 19.2 Å². The van der Waals surface area contributed by atoms with Gasteiger partial charge in [-0.3, -0.25) is 0 Å². The van der Waals surface area contributed by atoms with E-state index in [1.807, 2.05) is 32.0 Å². The van der Waals surface area contributed by atoms with Gasteiger partial charge in [0.15, 0.2) is 0 Å². The zero-order chi connectivity index (χ0) is 28.0. The molecule has 0 heterocycles. The van der Waals surface area contributed by atoms with Crippen molar-refractivity contribution < 1.29 is 14.3 Å². The average Bonchev–Trinajstić information content (AvgIpc) is 3.26. The van der Waals surface area contributed by atoms with Gasteiger partial charge >= 0.3 is 5.97 Å². The van der Waals surface area contributed by atoms with E-state index in [4.69, 9.17) is 9.47 Å². The summed E-state index contributed by atoms with van der Waals surface area (Å²) in [6.07, 6.45) is 0. The van der Waals surface area contributed by atoms with Crippen molar-refractivity contribution in [3.05, 3.63) is 153 Å². The molecule has 0 aliphatic heterocycles. The minimum Gasteiger partial charge on any atom is -0.496 e. The minimum absolute atomic E-state index is 0.354. The molecule has 0 radical (unpaired) electrons. The quantitative estimate of drug-likeness (QED) is 0.167. The van der Waals surface area contributed by atoms with Gasteiger partial charge < -0.3 is 9.47 Å². The lowest BCUT2D eigenvalue weighted by Crippen LogP contribution is -2.29. The first kappa shape index (κ1) is 25.6. The predicted molar refractivity (Wildman–Crippen MR) is 161 cm³/mol. The van der Waals surface area contributed by atoms with Gasteiger partial charge in [0.05, 0.1) is 18.1 Å². The Morgan fingerprint density at radius 2 is 1.00 bits per heavy atom. The number of hydrogen-bond acceptors (Lipinski definition) is 3. The van der Waals surface area contributed by atoms with Crippen LogP contribution < -0.4 is 9.47 Å². The second-order valence-corrected chi connectivity index (χ2v) is 10.7. The van der Waals surface area contributed by atoms with Crippen LogP contribution in [-0.2, 0) is 5.41 Å². The van der Waals surface area contributed by atoms with Gasteiger partial charge in [0.2, 0.25) is 0 Å². The van der Waals surface area contributed by atoms with Gasteiger partial charge in [-0.2, -0.15) is 0 Å². The van der Waals surface area contributed by atoms with Gasteiger partial charge in [-0.1, -0.05) is 91.0 Å². The summed E-state index contributed by atoms with van der Waals surface area (Å²) in [6, 6.07) is 35.4. The lowest BCUT2D eigenvalue weighted by Gasteiger charge is -2.35. The van der Waals surface area contributed by atoms with E-state index in [-0.39, 0.29) is 5.97 Å². The first-order valence-electron chi connectivity index (χ1n) is 13.6. The smallest absolute Gasteiger partial charge is 0.343 e. The summed E-state index contributed by atoms with van der Waals surface area (Å²) in [6.45, 7) is 8.26. The number of fused-ring (bicyclic) bond motifs is 3. The van der Waals surface area contributed by atoms with Crippen molar-refractivity contribution in [2.24, 2.45) is 0 Å². The lowest BCUT2D eigenvalue weighted by atomic mass is 9.66. The van der Waals surface area contributed by atoms with Crippen molar-refractivity contribution in [2.45, 2.75) is 33.1 Å². The molecule has 40 heavy (non-hydrogen) atoms.